The van der Waals surface area contributed by atoms with Gasteiger partial charge in [-0.25, -0.2) is 8.42 Å². The lowest BCUT2D eigenvalue weighted by Crippen LogP contribution is -2.32. The predicted molar refractivity (Wildman–Crippen MR) is 74.4 cm³/mol. The molecule has 0 fully saturated rings. The van der Waals surface area contributed by atoms with Gasteiger partial charge < -0.3 is 5.73 Å². The normalized spacial score (nSPS) is 21.3. The topological polar surface area (TPSA) is 60.2 Å². The van der Waals surface area contributed by atoms with Crippen LogP contribution in [0.15, 0.2) is 24.3 Å². The smallest absolute Gasteiger partial charge is 0.147 e. The molecule has 1 aliphatic rings. The second kappa shape index (κ2) is 5.41. The second-order valence-electron chi connectivity index (χ2n) is 5.28. The van der Waals surface area contributed by atoms with Gasteiger partial charge in [-0.1, -0.05) is 24.3 Å². The van der Waals surface area contributed by atoms with Gasteiger partial charge >= 0.3 is 0 Å². The van der Waals surface area contributed by atoms with E-state index in [0.717, 1.165) is 19.3 Å². The lowest BCUT2D eigenvalue weighted by molar-refractivity contribution is 0.452. The van der Waals surface area contributed by atoms with Crippen LogP contribution in [0, 0.1) is 0 Å². The highest BCUT2D eigenvalue weighted by Crippen LogP contribution is 2.34. The van der Waals surface area contributed by atoms with Crippen LogP contribution in [0.2, 0.25) is 0 Å². The largest absolute Gasteiger partial charge is 0.327 e. The van der Waals surface area contributed by atoms with Gasteiger partial charge in [0, 0.05) is 12.3 Å². The van der Waals surface area contributed by atoms with Crippen molar-refractivity contribution in [2.24, 2.45) is 5.73 Å². The van der Waals surface area contributed by atoms with Crippen LogP contribution in [0.4, 0.5) is 0 Å². The van der Waals surface area contributed by atoms with Gasteiger partial charge in [-0.3, -0.25) is 0 Å². The Bertz CT molecular complexity index is 510. The maximum atomic E-state index is 11.2. The number of fused-ring (bicyclic) bond motifs is 1. The highest BCUT2D eigenvalue weighted by Gasteiger charge is 2.25. The van der Waals surface area contributed by atoms with Crippen molar-refractivity contribution in [2.75, 3.05) is 12.0 Å². The van der Waals surface area contributed by atoms with E-state index < -0.39 is 9.84 Å². The summed E-state index contributed by atoms with van der Waals surface area (Å²) in [5.41, 5.74) is 8.91. The van der Waals surface area contributed by atoms with Gasteiger partial charge in [0.15, 0.2) is 0 Å². The SMILES string of the molecule is CS(=O)(=O)CCC(N)C1CCCc2ccccc21. The minimum absolute atomic E-state index is 0.0545. The van der Waals surface area contributed by atoms with Crippen LogP contribution in [0.1, 0.15) is 36.3 Å². The highest BCUT2D eigenvalue weighted by molar-refractivity contribution is 7.90. The summed E-state index contributed by atoms with van der Waals surface area (Å²) < 4.78 is 22.4. The summed E-state index contributed by atoms with van der Waals surface area (Å²) in [7, 11) is -2.92. The lowest BCUT2D eigenvalue weighted by atomic mass is 9.78. The molecule has 1 aromatic carbocycles. The van der Waals surface area contributed by atoms with Crippen LogP contribution in [0.25, 0.3) is 0 Å². The number of hydrogen-bond donors (Lipinski definition) is 1. The van der Waals surface area contributed by atoms with E-state index in [1.54, 1.807) is 0 Å². The van der Waals surface area contributed by atoms with Gasteiger partial charge in [0.2, 0.25) is 0 Å². The Morgan fingerprint density at radius 1 is 1.39 bits per heavy atom. The fraction of sp³-hybridized carbons (Fsp3) is 0.571. The molecule has 0 heterocycles. The third-order valence-corrected chi connectivity index (χ3v) is 4.73. The molecule has 2 unspecified atom stereocenters. The first-order valence-corrected chi connectivity index (χ1v) is 8.54. The zero-order valence-corrected chi connectivity index (χ0v) is 11.6. The molecule has 3 nitrogen and oxygen atoms in total. The first-order valence-electron chi connectivity index (χ1n) is 6.48. The van der Waals surface area contributed by atoms with E-state index in [1.807, 2.05) is 6.07 Å². The average Bonchev–Trinajstić information content (AvgIpc) is 2.34. The molecule has 0 aromatic heterocycles. The Hall–Kier alpha value is -0.870. The molecule has 0 radical (unpaired) electrons. The van der Waals surface area contributed by atoms with Crippen LogP contribution < -0.4 is 5.73 Å². The van der Waals surface area contributed by atoms with Crippen LogP contribution >= 0.6 is 0 Å². The third-order valence-electron chi connectivity index (χ3n) is 3.75. The van der Waals surface area contributed by atoms with Crippen LogP contribution in [0.3, 0.4) is 0 Å². The van der Waals surface area contributed by atoms with Gasteiger partial charge in [0.1, 0.15) is 9.84 Å². The summed E-state index contributed by atoms with van der Waals surface area (Å²) in [4.78, 5) is 0. The Morgan fingerprint density at radius 3 is 2.83 bits per heavy atom. The van der Waals surface area contributed by atoms with Crippen LogP contribution in [0.5, 0.6) is 0 Å². The number of aryl methyl sites for hydroxylation is 1. The molecule has 100 valence electrons. The fourth-order valence-electron chi connectivity index (χ4n) is 2.79. The zero-order valence-electron chi connectivity index (χ0n) is 10.8. The molecule has 2 N–H and O–H groups in total. The maximum absolute atomic E-state index is 11.2. The Balaban J connectivity index is 2.10. The molecule has 0 aliphatic heterocycles. The number of hydrogen-bond acceptors (Lipinski definition) is 3. The molecule has 0 spiro atoms. The molecule has 2 atom stereocenters. The van der Waals surface area contributed by atoms with Crippen molar-refractivity contribution in [1.82, 2.24) is 0 Å². The van der Waals surface area contributed by atoms with Crippen molar-refractivity contribution in [3.63, 3.8) is 0 Å². The average molecular weight is 267 g/mol. The molecule has 0 amide bonds. The van der Waals surface area contributed by atoms with E-state index in [4.69, 9.17) is 5.73 Å². The summed E-state index contributed by atoms with van der Waals surface area (Å²) in [6.45, 7) is 0. The summed E-state index contributed by atoms with van der Waals surface area (Å²) in [6, 6.07) is 8.34. The first kappa shape index (κ1) is 13.6. The number of benzene rings is 1. The van der Waals surface area contributed by atoms with Gasteiger partial charge in [0.05, 0.1) is 5.75 Å². The maximum Gasteiger partial charge on any atom is 0.147 e. The van der Waals surface area contributed by atoms with Gasteiger partial charge in [-0.15, -0.1) is 0 Å². The van der Waals surface area contributed by atoms with E-state index in [2.05, 4.69) is 18.2 Å². The fourth-order valence-corrected chi connectivity index (χ4v) is 3.49. The Morgan fingerprint density at radius 2 is 2.11 bits per heavy atom. The van der Waals surface area contributed by atoms with E-state index in [0.29, 0.717) is 12.3 Å². The van der Waals surface area contributed by atoms with Gasteiger partial charge in [-0.05, 0) is 42.7 Å². The second-order valence-corrected chi connectivity index (χ2v) is 7.54. The molecule has 18 heavy (non-hydrogen) atoms. The summed E-state index contributed by atoms with van der Waals surface area (Å²) in [6.07, 6.45) is 5.16. The molecule has 1 aromatic rings. The zero-order chi connectivity index (χ0) is 13.2. The van der Waals surface area contributed by atoms with Crippen molar-refractivity contribution in [1.29, 1.82) is 0 Å². The van der Waals surface area contributed by atoms with Crippen molar-refractivity contribution < 1.29 is 8.42 Å². The Kier molecular flexibility index (Phi) is 4.07. The number of sulfone groups is 1. The summed E-state index contributed by atoms with van der Waals surface area (Å²) >= 11 is 0. The molecular weight excluding hydrogens is 246 g/mol. The standard InChI is InChI=1S/C14H21NO2S/c1-18(16,17)10-9-14(15)13-8-4-6-11-5-2-3-7-12(11)13/h2-3,5,7,13-14H,4,6,8-10,15H2,1H3. The third kappa shape index (κ3) is 3.33. The number of rotatable bonds is 4. The Labute approximate surface area is 109 Å². The molecule has 0 bridgehead atoms. The van der Waals surface area contributed by atoms with Crippen molar-refractivity contribution >= 4 is 9.84 Å². The van der Waals surface area contributed by atoms with E-state index in [9.17, 15) is 8.42 Å². The molecule has 1 aliphatic carbocycles. The van der Waals surface area contributed by atoms with Gasteiger partial charge in [0.25, 0.3) is 0 Å². The van der Waals surface area contributed by atoms with E-state index in [1.165, 1.54) is 17.4 Å². The molecule has 2 rings (SSSR count). The van der Waals surface area contributed by atoms with Gasteiger partial charge in [-0.2, -0.15) is 0 Å². The van der Waals surface area contributed by atoms with Crippen molar-refractivity contribution in [2.45, 2.75) is 37.6 Å². The first-order chi connectivity index (χ1) is 8.47. The molecule has 4 heteroatoms. The molecule has 0 saturated carbocycles. The lowest BCUT2D eigenvalue weighted by Gasteiger charge is -2.30. The minimum Gasteiger partial charge on any atom is -0.327 e. The van der Waals surface area contributed by atoms with Crippen molar-refractivity contribution in [3.05, 3.63) is 35.4 Å². The predicted octanol–water partition coefficient (Wildman–Crippen LogP) is 1.87. The number of nitrogens with two attached hydrogens (primary N) is 1. The van der Waals surface area contributed by atoms with Crippen LogP contribution in [-0.4, -0.2) is 26.5 Å². The summed E-state index contributed by atoms with van der Waals surface area (Å²) in [5, 5.41) is 0. The van der Waals surface area contributed by atoms with Crippen LogP contribution in [-0.2, 0) is 16.3 Å². The minimum atomic E-state index is -2.92. The highest BCUT2D eigenvalue weighted by atomic mass is 32.2. The molecular formula is C14H21NO2S. The van der Waals surface area contributed by atoms with Crippen molar-refractivity contribution in [3.8, 4) is 0 Å². The van der Waals surface area contributed by atoms with E-state index in [-0.39, 0.29) is 11.8 Å². The quantitative estimate of drug-likeness (QED) is 0.906. The monoisotopic (exact) mass is 267 g/mol. The molecule has 0 saturated heterocycles. The summed E-state index contributed by atoms with van der Waals surface area (Å²) in [5.74, 6) is 0.504. The van der Waals surface area contributed by atoms with E-state index >= 15 is 0 Å².